The summed E-state index contributed by atoms with van der Waals surface area (Å²) in [7, 11) is 0. The zero-order valence-corrected chi connectivity index (χ0v) is 16.4. The standard InChI is InChI=1S/C22H26N4O2/c1-3-25-19-8-4-5-9-20(19)26(22(25)28)15-21(27)23-18-11-10-17(14-16(18)2)24-12-6-7-13-24/h4-5,8-11,14H,3,6-7,12-13,15H2,1-2H3,(H,23,27). The summed E-state index contributed by atoms with van der Waals surface area (Å²) in [6.45, 7) is 6.70. The van der Waals surface area contributed by atoms with Gasteiger partial charge in [-0.25, -0.2) is 4.79 Å². The van der Waals surface area contributed by atoms with E-state index >= 15 is 0 Å². The van der Waals surface area contributed by atoms with Gasteiger partial charge in [0.15, 0.2) is 0 Å². The van der Waals surface area contributed by atoms with Crippen molar-refractivity contribution in [3.05, 3.63) is 58.5 Å². The van der Waals surface area contributed by atoms with E-state index in [0.717, 1.165) is 35.4 Å². The molecule has 146 valence electrons. The number of fused-ring (bicyclic) bond motifs is 1. The minimum absolute atomic E-state index is 0.000334. The lowest BCUT2D eigenvalue weighted by molar-refractivity contribution is -0.116. The van der Waals surface area contributed by atoms with Gasteiger partial charge in [0.25, 0.3) is 0 Å². The Morgan fingerprint density at radius 2 is 1.71 bits per heavy atom. The lowest BCUT2D eigenvalue weighted by Gasteiger charge is -2.19. The number of amides is 1. The van der Waals surface area contributed by atoms with Gasteiger partial charge in [-0.1, -0.05) is 12.1 Å². The fourth-order valence-electron chi connectivity index (χ4n) is 4.02. The summed E-state index contributed by atoms with van der Waals surface area (Å²) in [4.78, 5) is 27.8. The molecule has 4 rings (SSSR count). The van der Waals surface area contributed by atoms with E-state index < -0.39 is 0 Å². The first-order valence-electron chi connectivity index (χ1n) is 9.92. The third-order valence-corrected chi connectivity index (χ3v) is 5.50. The zero-order chi connectivity index (χ0) is 19.7. The molecule has 1 N–H and O–H groups in total. The van der Waals surface area contributed by atoms with Crippen LogP contribution in [0.1, 0.15) is 25.3 Å². The second kappa shape index (κ2) is 7.54. The Labute approximate surface area is 164 Å². The van der Waals surface area contributed by atoms with Crippen LogP contribution in [0, 0.1) is 6.92 Å². The van der Waals surface area contributed by atoms with Crippen LogP contribution in [0.3, 0.4) is 0 Å². The van der Waals surface area contributed by atoms with Gasteiger partial charge in [-0.15, -0.1) is 0 Å². The molecule has 0 spiro atoms. The smallest absolute Gasteiger partial charge is 0.329 e. The molecule has 1 aromatic heterocycles. The van der Waals surface area contributed by atoms with Gasteiger partial charge >= 0.3 is 5.69 Å². The Morgan fingerprint density at radius 3 is 2.36 bits per heavy atom. The highest BCUT2D eigenvalue weighted by molar-refractivity contribution is 5.92. The normalized spacial score (nSPS) is 14.0. The van der Waals surface area contributed by atoms with Crippen LogP contribution in [0.2, 0.25) is 0 Å². The van der Waals surface area contributed by atoms with Crippen LogP contribution < -0.4 is 15.9 Å². The average molecular weight is 378 g/mol. The molecule has 1 aliphatic heterocycles. The first-order chi connectivity index (χ1) is 13.6. The second-order valence-corrected chi connectivity index (χ2v) is 7.34. The lowest BCUT2D eigenvalue weighted by atomic mass is 10.1. The quantitative estimate of drug-likeness (QED) is 0.741. The summed E-state index contributed by atoms with van der Waals surface area (Å²) in [6.07, 6.45) is 2.47. The molecule has 2 heterocycles. The number of anilines is 2. The SMILES string of the molecule is CCn1c(=O)n(CC(=O)Nc2ccc(N3CCCC3)cc2C)c2ccccc21. The van der Waals surface area contributed by atoms with Gasteiger partial charge in [0.05, 0.1) is 11.0 Å². The molecule has 1 fully saturated rings. The summed E-state index contributed by atoms with van der Waals surface area (Å²) in [5.41, 5.74) is 4.51. The molecule has 28 heavy (non-hydrogen) atoms. The number of hydrogen-bond donors (Lipinski definition) is 1. The monoisotopic (exact) mass is 378 g/mol. The van der Waals surface area contributed by atoms with Crippen LogP contribution in [0.5, 0.6) is 0 Å². The molecule has 6 heteroatoms. The summed E-state index contributed by atoms with van der Waals surface area (Å²) >= 11 is 0. The second-order valence-electron chi connectivity index (χ2n) is 7.34. The number of benzene rings is 2. The van der Waals surface area contributed by atoms with Crippen LogP contribution in [0.25, 0.3) is 11.0 Å². The molecule has 0 aliphatic carbocycles. The molecule has 1 amide bonds. The van der Waals surface area contributed by atoms with E-state index in [4.69, 9.17) is 0 Å². The van der Waals surface area contributed by atoms with E-state index in [1.54, 1.807) is 9.13 Å². The molecular formula is C22H26N4O2. The van der Waals surface area contributed by atoms with Crippen molar-refractivity contribution in [1.29, 1.82) is 0 Å². The Balaban J connectivity index is 1.55. The number of carbonyl (C=O) groups is 1. The van der Waals surface area contributed by atoms with Gasteiger partial charge < -0.3 is 10.2 Å². The van der Waals surface area contributed by atoms with Crippen molar-refractivity contribution in [2.45, 2.75) is 39.8 Å². The van der Waals surface area contributed by atoms with E-state index in [1.165, 1.54) is 18.5 Å². The van der Waals surface area contributed by atoms with Crippen LogP contribution >= 0.6 is 0 Å². The number of imidazole rings is 1. The molecule has 0 saturated carbocycles. The van der Waals surface area contributed by atoms with Gasteiger partial charge in [-0.05, 0) is 62.6 Å². The summed E-state index contributed by atoms with van der Waals surface area (Å²) in [6, 6.07) is 13.7. The average Bonchev–Trinajstić information content (AvgIpc) is 3.31. The predicted octanol–water partition coefficient (Wildman–Crippen LogP) is 3.37. The largest absolute Gasteiger partial charge is 0.372 e. The third-order valence-electron chi connectivity index (χ3n) is 5.50. The van der Waals surface area contributed by atoms with Crippen LogP contribution in [-0.4, -0.2) is 28.1 Å². The number of nitrogens with zero attached hydrogens (tertiary/aromatic N) is 3. The van der Waals surface area contributed by atoms with Gasteiger partial charge in [0.1, 0.15) is 6.54 Å². The van der Waals surface area contributed by atoms with E-state index in [1.807, 2.05) is 44.2 Å². The topological polar surface area (TPSA) is 59.3 Å². The fraction of sp³-hybridized carbons (Fsp3) is 0.364. The van der Waals surface area contributed by atoms with Crippen molar-refractivity contribution in [2.75, 3.05) is 23.3 Å². The van der Waals surface area contributed by atoms with Crippen molar-refractivity contribution >= 4 is 28.3 Å². The zero-order valence-electron chi connectivity index (χ0n) is 16.4. The van der Waals surface area contributed by atoms with Crippen molar-refractivity contribution in [3.8, 4) is 0 Å². The molecule has 2 aromatic carbocycles. The van der Waals surface area contributed by atoms with E-state index in [2.05, 4.69) is 22.3 Å². The third kappa shape index (κ3) is 3.30. The molecule has 0 radical (unpaired) electrons. The summed E-state index contributed by atoms with van der Waals surface area (Å²) < 4.78 is 3.24. The van der Waals surface area contributed by atoms with Crippen molar-refractivity contribution in [3.63, 3.8) is 0 Å². The van der Waals surface area contributed by atoms with Gasteiger partial charge in [0, 0.05) is 31.0 Å². The molecule has 1 saturated heterocycles. The fourth-order valence-corrected chi connectivity index (χ4v) is 4.02. The number of rotatable bonds is 5. The number of aryl methyl sites for hydroxylation is 2. The molecular weight excluding hydrogens is 352 g/mol. The molecule has 0 unspecified atom stereocenters. The Bertz CT molecular complexity index is 1070. The van der Waals surface area contributed by atoms with Crippen molar-refractivity contribution in [1.82, 2.24) is 9.13 Å². The van der Waals surface area contributed by atoms with Gasteiger partial charge in [0.2, 0.25) is 5.91 Å². The number of nitrogens with one attached hydrogen (secondary N) is 1. The molecule has 6 nitrogen and oxygen atoms in total. The number of aromatic nitrogens is 2. The van der Waals surface area contributed by atoms with Crippen molar-refractivity contribution in [2.24, 2.45) is 0 Å². The maximum atomic E-state index is 12.7. The number of hydrogen-bond acceptors (Lipinski definition) is 3. The lowest BCUT2D eigenvalue weighted by Crippen LogP contribution is -2.29. The Hall–Kier alpha value is -3.02. The number of para-hydroxylation sites is 2. The summed E-state index contributed by atoms with van der Waals surface area (Å²) in [5, 5.41) is 2.97. The van der Waals surface area contributed by atoms with Crippen molar-refractivity contribution < 1.29 is 4.79 Å². The molecule has 3 aromatic rings. The maximum absolute atomic E-state index is 12.7. The van der Waals surface area contributed by atoms with Gasteiger partial charge in [-0.3, -0.25) is 13.9 Å². The maximum Gasteiger partial charge on any atom is 0.329 e. The molecule has 1 aliphatic rings. The highest BCUT2D eigenvalue weighted by atomic mass is 16.2. The van der Waals surface area contributed by atoms with Crippen LogP contribution in [-0.2, 0) is 17.9 Å². The first-order valence-corrected chi connectivity index (χ1v) is 9.92. The Morgan fingerprint density at radius 1 is 1.04 bits per heavy atom. The molecule has 0 atom stereocenters. The Kier molecular flexibility index (Phi) is 4.94. The first kappa shape index (κ1) is 18.3. The van der Waals surface area contributed by atoms with Crippen LogP contribution in [0.15, 0.2) is 47.3 Å². The van der Waals surface area contributed by atoms with Crippen LogP contribution in [0.4, 0.5) is 11.4 Å². The minimum atomic E-state index is -0.196. The number of carbonyl (C=O) groups excluding carboxylic acids is 1. The van der Waals surface area contributed by atoms with Gasteiger partial charge in [-0.2, -0.15) is 0 Å². The highest BCUT2D eigenvalue weighted by Gasteiger charge is 2.16. The van der Waals surface area contributed by atoms with E-state index in [9.17, 15) is 9.59 Å². The minimum Gasteiger partial charge on any atom is -0.372 e. The molecule has 0 bridgehead atoms. The highest BCUT2D eigenvalue weighted by Crippen LogP contribution is 2.25. The summed E-state index contributed by atoms with van der Waals surface area (Å²) in [5.74, 6) is -0.196. The van der Waals surface area contributed by atoms with E-state index in [0.29, 0.717) is 6.54 Å². The van der Waals surface area contributed by atoms with E-state index in [-0.39, 0.29) is 18.1 Å². The predicted molar refractivity (Wildman–Crippen MR) is 113 cm³/mol.